The van der Waals surface area contributed by atoms with Gasteiger partial charge in [-0.1, -0.05) is 201 Å². The van der Waals surface area contributed by atoms with Gasteiger partial charge in [-0.05, 0) is 18.8 Å². The van der Waals surface area contributed by atoms with Crippen LogP contribution in [0.25, 0.3) is 0 Å². The van der Waals surface area contributed by atoms with Gasteiger partial charge >= 0.3 is 0 Å². The van der Waals surface area contributed by atoms with Gasteiger partial charge in [-0.15, -0.1) is 0 Å². The predicted octanol–water partition coefficient (Wildman–Crippen LogP) is 11.6. The van der Waals surface area contributed by atoms with Crippen molar-refractivity contribution in [2.45, 2.75) is 232 Å². The average Bonchev–Trinajstić information content (AvgIpc) is 3.01. The van der Waals surface area contributed by atoms with Crippen LogP contribution in [-0.4, -0.2) is 34.9 Å². The molecular weight excluding hydrogens is 530 g/mol. The summed E-state index contributed by atoms with van der Waals surface area (Å²) < 4.78 is 0. The maximum atomic E-state index is 12.3. The monoisotopic (exact) mass is 610 g/mol. The summed E-state index contributed by atoms with van der Waals surface area (Å²) in [7, 11) is 0. The minimum Gasteiger partial charge on any atom is -0.394 e. The standard InChI is InChI=1S/C39H79NO3/c1-4-6-7-8-9-10-11-12-13-14-15-16-17-18-19-20-25-28-31-34-39(43)40-37(35-41)38(42)33-30-27-24-22-21-23-26-29-32-36(3)5-2/h36-38,41-42H,4-35H2,1-3H3,(H,40,43). The zero-order valence-electron chi connectivity index (χ0n) is 29.7. The number of rotatable bonds is 35. The van der Waals surface area contributed by atoms with Gasteiger partial charge in [0.1, 0.15) is 0 Å². The second kappa shape index (κ2) is 34.3. The van der Waals surface area contributed by atoms with E-state index in [1.807, 2.05) is 0 Å². The summed E-state index contributed by atoms with van der Waals surface area (Å²) in [4.78, 5) is 12.3. The van der Waals surface area contributed by atoms with E-state index >= 15 is 0 Å². The number of aliphatic hydroxyl groups is 2. The topological polar surface area (TPSA) is 69.6 Å². The molecule has 0 aromatic rings. The van der Waals surface area contributed by atoms with Crippen molar-refractivity contribution in [3.05, 3.63) is 0 Å². The molecule has 0 aromatic carbocycles. The maximum Gasteiger partial charge on any atom is 0.220 e. The molecule has 0 saturated heterocycles. The molecule has 1 amide bonds. The van der Waals surface area contributed by atoms with Crippen LogP contribution in [0.15, 0.2) is 0 Å². The van der Waals surface area contributed by atoms with E-state index in [0.29, 0.717) is 12.8 Å². The zero-order chi connectivity index (χ0) is 31.6. The molecule has 0 rings (SSSR count). The van der Waals surface area contributed by atoms with E-state index in [1.54, 1.807) is 0 Å². The quantitative estimate of drug-likeness (QED) is 0.0626. The lowest BCUT2D eigenvalue weighted by atomic mass is 9.99. The lowest BCUT2D eigenvalue weighted by Crippen LogP contribution is -2.45. The van der Waals surface area contributed by atoms with Gasteiger partial charge < -0.3 is 15.5 Å². The van der Waals surface area contributed by atoms with Crippen LogP contribution in [0.4, 0.5) is 0 Å². The first-order valence-electron chi connectivity index (χ1n) is 19.6. The first kappa shape index (κ1) is 42.4. The molecule has 0 fully saturated rings. The SMILES string of the molecule is CCCCCCCCCCCCCCCCCCCCCC(=O)NC(CO)C(O)CCCCCCCCCCC(C)CC. The molecule has 0 heterocycles. The number of aliphatic hydroxyl groups excluding tert-OH is 2. The Balaban J connectivity index is 3.50. The van der Waals surface area contributed by atoms with Crippen molar-refractivity contribution in [1.82, 2.24) is 5.32 Å². The molecule has 0 aliphatic heterocycles. The summed E-state index contributed by atoms with van der Waals surface area (Å²) in [6.45, 7) is 6.73. The fraction of sp³-hybridized carbons (Fsp3) is 0.974. The Hall–Kier alpha value is -0.610. The van der Waals surface area contributed by atoms with Gasteiger partial charge in [0, 0.05) is 6.42 Å². The van der Waals surface area contributed by atoms with Crippen molar-refractivity contribution >= 4 is 5.91 Å². The third kappa shape index (κ3) is 31.2. The largest absolute Gasteiger partial charge is 0.394 e. The molecule has 0 aliphatic carbocycles. The normalized spacial score (nSPS) is 13.7. The van der Waals surface area contributed by atoms with E-state index in [0.717, 1.165) is 31.6 Å². The summed E-state index contributed by atoms with van der Waals surface area (Å²) in [5.41, 5.74) is 0. The van der Waals surface area contributed by atoms with Gasteiger partial charge in [0.15, 0.2) is 0 Å². The van der Waals surface area contributed by atoms with E-state index in [4.69, 9.17) is 0 Å². The summed E-state index contributed by atoms with van der Waals surface area (Å²) >= 11 is 0. The van der Waals surface area contributed by atoms with E-state index in [9.17, 15) is 15.0 Å². The second-order valence-corrected chi connectivity index (χ2v) is 14.0. The van der Waals surface area contributed by atoms with Crippen LogP contribution in [0.1, 0.15) is 220 Å². The molecule has 0 radical (unpaired) electrons. The number of unbranched alkanes of at least 4 members (excludes halogenated alkanes) is 25. The molecule has 0 saturated carbocycles. The molecule has 0 aromatic heterocycles. The van der Waals surface area contributed by atoms with Gasteiger partial charge in [0.25, 0.3) is 0 Å². The Kier molecular flexibility index (Phi) is 33.8. The molecule has 3 unspecified atom stereocenters. The van der Waals surface area contributed by atoms with Crippen LogP contribution in [0, 0.1) is 5.92 Å². The molecule has 4 heteroatoms. The minimum atomic E-state index is -0.653. The van der Waals surface area contributed by atoms with Crippen molar-refractivity contribution in [2.24, 2.45) is 5.92 Å². The van der Waals surface area contributed by atoms with Gasteiger partial charge in [-0.2, -0.15) is 0 Å². The van der Waals surface area contributed by atoms with E-state index < -0.39 is 12.1 Å². The molecule has 0 bridgehead atoms. The fourth-order valence-corrected chi connectivity index (χ4v) is 6.22. The van der Waals surface area contributed by atoms with Crippen LogP contribution < -0.4 is 5.32 Å². The summed E-state index contributed by atoms with van der Waals surface area (Å²) in [6.07, 6.45) is 38.7. The molecule has 3 N–H and O–H groups in total. The fourth-order valence-electron chi connectivity index (χ4n) is 6.22. The summed E-state index contributed by atoms with van der Waals surface area (Å²) in [6, 6.07) is -0.529. The second-order valence-electron chi connectivity index (χ2n) is 14.0. The van der Waals surface area contributed by atoms with Crippen molar-refractivity contribution in [1.29, 1.82) is 0 Å². The van der Waals surface area contributed by atoms with E-state index in [2.05, 4.69) is 26.1 Å². The first-order chi connectivity index (χ1) is 21.0. The van der Waals surface area contributed by atoms with Crippen molar-refractivity contribution in [2.75, 3.05) is 6.61 Å². The van der Waals surface area contributed by atoms with E-state index in [-0.39, 0.29) is 12.5 Å². The number of hydrogen-bond acceptors (Lipinski definition) is 3. The molecular formula is C39H79NO3. The maximum absolute atomic E-state index is 12.3. The third-order valence-electron chi connectivity index (χ3n) is 9.66. The zero-order valence-corrected chi connectivity index (χ0v) is 29.7. The number of carbonyl (C=O) groups excluding carboxylic acids is 1. The highest BCUT2D eigenvalue weighted by molar-refractivity contribution is 5.76. The Morgan fingerprint density at radius 3 is 1.26 bits per heavy atom. The van der Waals surface area contributed by atoms with Crippen molar-refractivity contribution in [3.8, 4) is 0 Å². The molecule has 258 valence electrons. The Bertz CT molecular complexity index is 555. The van der Waals surface area contributed by atoms with Crippen LogP contribution in [0.2, 0.25) is 0 Å². The Morgan fingerprint density at radius 1 is 0.535 bits per heavy atom. The highest BCUT2D eigenvalue weighted by atomic mass is 16.3. The summed E-state index contributed by atoms with van der Waals surface area (Å²) in [5, 5.41) is 23.1. The molecule has 43 heavy (non-hydrogen) atoms. The van der Waals surface area contributed by atoms with Crippen LogP contribution in [-0.2, 0) is 4.79 Å². The predicted molar refractivity (Wildman–Crippen MR) is 189 cm³/mol. The smallest absolute Gasteiger partial charge is 0.220 e. The molecule has 3 atom stereocenters. The third-order valence-corrected chi connectivity index (χ3v) is 9.66. The van der Waals surface area contributed by atoms with Crippen LogP contribution in [0.3, 0.4) is 0 Å². The lowest BCUT2D eigenvalue weighted by molar-refractivity contribution is -0.123. The van der Waals surface area contributed by atoms with Gasteiger partial charge in [-0.3, -0.25) is 4.79 Å². The molecule has 0 aliphatic rings. The van der Waals surface area contributed by atoms with E-state index in [1.165, 1.54) is 161 Å². The number of carbonyl (C=O) groups is 1. The molecule has 0 spiro atoms. The van der Waals surface area contributed by atoms with Crippen LogP contribution >= 0.6 is 0 Å². The average molecular weight is 610 g/mol. The van der Waals surface area contributed by atoms with Crippen molar-refractivity contribution < 1.29 is 15.0 Å². The highest BCUT2D eigenvalue weighted by Crippen LogP contribution is 2.17. The number of nitrogens with one attached hydrogen (secondary N) is 1. The highest BCUT2D eigenvalue weighted by Gasteiger charge is 2.20. The number of hydrogen-bond donors (Lipinski definition) is 3. The molecule has 4 nitrogen and oxygen atoms in total. The first-order valence-corrected chi connectivity index (χ1v) is 19.6. The van der Waals surface area contributed by atoms with Crippen LogP contribution in [0.5, 0.6) is 0 Å². The Morgan fingerprint density at radius 2 is 0.884 bits per heavy atom. The summed E-state index contributed by atoms with van der Waals surface area (Å²) in [5.74, 6) is 0.843. The Labute approximate surface area is 270 Å². The number of amides is 1. The lowest BCUT2D eigenvalue weighted by Gasteiger charge is -2.22. The minimum absolute atomic E-state index is 0.0293. The van der Waals surface area contributed by atoms with Gasteiger partial charge in [0.2, 0.25) is 5.91 Å². The van der Waals surface area contributed by atoms with Crippen molar-refractivity contribution in [3.63, 3.8) is 0 Å². The van der Waals surface area contributed by atoms with Gasteiger partial charge in [-0.25, -0.2) is 0 Å². The van der Waals surface area contributed by atoms with Gasteiger partial charge in [0.05, 0.1) is 18.8 Å².